The standard InChI is InChI=1S/C11H12N4O2S/c1-2-3-4-5-6-15-8-7(18-11(15)17)9(16)14-10(12)13-8/h2-5H,6H2,1H3,(H3,12,13,14,16)/b3-2+,5-4+. The van der Waals surface area contributed by atoms with Crippen molar-refractivity contribution in [2.24, 2.45) is 0 Å². The predicted octanol–water partition coefficient (Wildman–Crippen LogP) is 0.861. The Morgan fingerprint density at radius 3 is 2.94 bits per heavy atom. The fourth-order valence-electron chi connectivity index (χ4n) is 1.49. The molecule has 94 valence electrons. The third-order valence-corrected chi connectivity index (χ3v) is 3.24. The number of anilines is 1. The van der Waals surface area contributed by atoms with Gasteiger partial charge in [0.1, 0.15) is 4.70 Å². The van der Waals surface area contributed by atoms with Crippen LogP contribution in [-0.2, 0) is 6.54 Å². The van der Waals surface area contributed by atoms with E-state index in [1.54, 1.807) is 0 Å². The summed E-state index contributed by atoms with van der Waals surface area (Å²) < 4.78 is 1.72. The highest BCUT2D eigenvalue weighted by Gasteiger charge is 2.11. The van der Waals surface area contributed by atoms with Crippen molar-refractivity contribution in [2.45, 2.75) is 13.5 Å². The minimum atomic E-state index is -0.379. The summed E-state index contributed by atoms with van der Waals surface area (Å²) in [5.41, 5.74) is 5.42. The van der Waals surface area contributed by atoms with Crippen LogP contribution in [0.4, 0.5) is 5.95 Å². The maximum Gasteiger partial charge on any atom is 0.309 e. The van der Waals surface area contributed by atoms with Crippen molar-refractivity contribution in [3.63, 3.8) is 0 Å². The maximum absolute atomic E-state index is 11.8. The molecule has 3 N–H and O–H groups in total. The van der Waals surface area contributed by atoms with Gasteiger partial charge in [0.2, 0.25) is 5.95 Å². The van der Waals surface area contributed by atoms with Crippen molar-refractivity contribution in [1.29, 1.82) is 0 Å². The molecule has 0 aliphatic rings. The zero-order chi connectivity index (χ0) is 13.1. The van der Waals surface area contributed by atoms with Gasteiger partial charge in [0, 0.05) is 6.54 Å². The SMILES string of the molecule is C/C=C/C=C/Cn1c(=O)sc2c(=O)[nH]c(N)nc21. The van der Waals surface area contributed by atoms with Crippen LogP contribution in [0.1, 0.15) is 6.92 Å². The van der Waals surface area contributed by atoms with Gasteiger partial charge in [0.25, 0.3) is 5.56 Å². The minimum absolute atomic E-state index is 0.0106. The predicted molar refractivity (Wildman–Crippen MR) is 72.9 cm³/mol. The largest absolute Gasteiger partial charge is 0.369 e. The Balaban J connectivity index is 2.53. The fraction of sp³-hybridized carbons (Fsp3) is 0.182. The van der Waals surface area contributed by atoms with Gasteiger partial charge in [0.15, 0.2) is 5.65 Å². The van der Waals surface area contributed by atoms with Gasteiger partial charge in [-0.1, -0.05) is 35.6 Å². The number of hydrogen-bond donors (Lipinski definition) is 2. The van der Waals surface area contributed by atoms with Gasteiger partial charge in [-0.05, 0) is 6.92 Å². The summed E-state index contributed by atoms with van der Waals surface area (Å²) in [4.78, 5) is 29.5. The van der Waals surface area contributed by atoms with Crippen molar-refractivity contribution in [3.8, 4) is 0 Å². The molecule has 6 nitrogen and oxygen atoms in total. The van der Waals surface area contributed by atoms with Crippen LogP contribution in [0.2, 0.25) is 0 Å². The zero-order valence-electron chi connectivity index (χ0n) is 9.71. The molecule has 0 bridgehead atoms. The average molecular weight is 264 g/mol. The number of fused-ring (bicyclic) bond motifs is 1. The molecular formula is C11H12N4O2S. The van der Waals surface area contributed by atoms with Crippen molar-refractivity contribution < 1.29 is 0 Å². The van der Waals surface area contributed by atoms with E-state index in [2.05, 4.69) is 9.97 Å². The highest BCUT2D eigenvalue weighted by Crippen LogP contribution is 2.10. The Morgan fingerprint density at radius 1 is 1.44 bits per heavy atom. The first kappa shape index (κ1) is 12.3. The second kappa shape index (κ2) is 5.01. The van der Waals surface area contributed by atoms with Crippen LogP contribution in [0.25, 0.3) is 10.3 Å². The maximum atomic E-state index is 11.8. The number of nitrogens with zero attached hydrogens (tertiary/aromatic N) is 2. The lowest BCUT2D eigenvalue weighted by Gasteiger charge is -1.98. The second-order valence-corrected chi connectivity index (χ2v) is 4.50. The summed E-state index contributed by atoms with van der Waals surface area (Å²) in [5.74, 6) is 0.0106. The first-order valence-electron chi connectivity index (χ1n) is 5.30. The van der Waals surface area contributed by atoms with Gasteiger partial charge in [-0.25, -0.2) is 0 Å². The van der Waals surface area contributed by atoms with E-state index in [0.717, 1.165) is 11.3 Å². The zero-order valence-corrected chi connectivity index (χ0v) is 10.5. The molecule has 2 aromatic heterocycles. The Kier molecular flexibility index (Phi) is 3.42. The highest BCUT2D eigenvalue weighted by molar-refractivity contribution is 7.16. The van der Waals surface area contributed by atoms with E-state index >= 15 is 0 Å². The number of aromatic nitrogens is 3. The fourth-order valence-corrected chi connectivity index (χ4v) is 2.32. The lowest BCUT2D eigenvalue weighted by Crippen LogP contribution is -2.14. The Morgan fingerprint density at radius 2 is 2.22 bits per heavy atom. The number of H-pyrrole nitrogens is 1. The molecule has 0 aromatic carbocycles. The molecule has 2 aromatic rings. The molecule has 0 unspecified atom stereocenters. The van der Waals surface area contributed by atoms with Crippen LogP contribution < -0.4 is 16.2 Å². The summed E-state index contributed by atoms with van der Waals surface area (Å²) in [6.45, 7) is 2.26. The number of aromatic amines is 1. The van der Waals surface area contributed by atoms with Crippen molar-refractivity contribution >= 4 is 27.6 Å². The van der Waals surface area contributed by atoms with Crippen LogP contribution in [0.3, 0.4) is 0 Å². The van der Waals surface area contributed by atoms with Crippen molar-refractivity contribution in [2.75, 3.05) is 5.73 Å². The number of allylic oxidation sites excluding steroid dienone is 4. The number of hydrogen-bond acceptors (Lipinski definition) is 5. The van der Waals surface area contributed by atoms with Gasteiger partial charge in [0.05, 0.1) is 0 Å². The number of nitrogens with two attached hydrogens (primary N) is 1. The molecule has 0 atom stereocenters. The van der Waals surface area contributed by atoms with E-state index in [1.807, 2.05) is 31.2 Å². The van der Waals surface area contributed by atoms with Crippen LogP contribution in [0, 0.1) is 0 Å². The van der Waals surface area contributed by atoms with E-state index in [4.69, 9.17) is 5.73 Å². The molecule has 0 aliphatic heterocycles. The van der Waals surface area contributed by atoms with Gasteiger partial charge in [-0.3, -0.25) is 19.1 Å². The quantitative estimate of drug-likeness (QED) is 0.804. The summed E-state index contributed by atoms with van der Waals surface area (Å²) >= 11 is 0.872. The molecule has 0 aliphatic carbocycles. The molecular weight excluding hydrogens is 252 g/mol. The highest BCUT2D eigenvalue weighted by atomic mass is 32.1. The first-order chi connectivity index (χ1) is 8.63. The lowest BCUT2D eigenvalue weighted by molar-refractivity contribution is 0.826. The van der Waals surface area contributed by atoms with E-state index in [0.29, 0.717) is 16.9 Å². The van der Waals surface area contributed by atoms with Gasteiger partial charge < -0.3 is 5.73 Å². The molecule has 0 spiro atoms. The molecule has 0 fully saturated rings. The lowest BCUT2D eigenvalue weighted by atomic mass is 10.4. The molecule has 18 heavy (non-hydrogen) atoms. The normalized spacial score (nSPS) is 12.1. The van der Waals surface area contributed by atoms with Crippen LogP contribution in [0.15, 0.2) is 33.9 Å². The van der Waals surface area contributed by atoms with Gasteiger partial charge in [-0.2, -0.15) is 4.98 Å². The monoisotopic (exact) mass is 264 g/mol. The summed E-state index contributed by atoms with van der Waals surface area (Å²) in [6.07, 6.45) is 7.37. The minimum Gasteiger partial charge on any atom is -0.369 e. The van der Waals surface area contributed by atoms with Crippen LogP contribution in [0.5, 0.6) is 0 Å². The average Bonchev–Trinajstić information content (AvgIpc) is 2.62. The number of nitrogen functional groups attached to an aromatic ring is 1. The molecule has 0 saturated heterocycles. The first-order valence-corrected chi connectivity index (χ1v) is 6.12. The van der Waals surface area contributed by atoms with Crippen molar-refractivity contribution in [3.05, 3.63) is 44.3 Å². The summed E-state index contributed by atoms with van der Waals surface area (Å²) in [6, 6.07) is 0. The number of thiazole rings is 1. The topological polar surface area (TPSA) is 93.8 Å². The molecule has 2 rings (SSSR count). The van der Waals surface area contributed by atoms with E-state index in [1.165, 1.54) is 4.57 Å². The number of rotatable bonds is 3. The summed E-state index contributed by atoms with van der Waals surface area (Å²) in [5, 5.41) is 0. The van der Waals surface area contributed by atoms with Gasteiger partial charge >= 0.3 is 4.87 Å². The Bertz CT molecular complexity index is 736. The van der Waals surface area contributed by atoms with Gasteiger partial charge in [-0.15, -0.1) is 0 Å². The molecule has 0 saturated carbocycles. The van der Waals surface area contributed by atoms with Crippen LogP contribution >= 0.6 is 11.3 Å². The second-order valence-electron chi connectivity index (χ2n) is 3.54. The Hall–Kier alpha value is -2.15. The van der Waals surface area contributed by atoms with E-state index in [-0.39, 0.29) is 16.4 Å². The van der Waals surface area contributed by atoms with Crippen LogP contribution in [-0.4, -0.2) is 14.5 Å². The smallest absolute Gasteiger partial charge is 0.309 e. The van der Waals surface area contributed by atoms with Crippen molar-refractivity contribution in [1.82, 2.24) is 14.5 Å². The molecule has 0 amide bonds. The third-order valence-electron chi connectivity index (χ3n) is 2.27. The summed E-state index contributed by atoms with van der Waals surface area (Å²) in [7, 11) is 0. The third kappa shape index (κ3) is 2.25. The number of nitrogens with one attached hydrogen (secondary N) is 1. The molecule has 0 radical (unpaired) electrons. The molecule has 2 heterocycles. The Labute approximate surface area is 106 Å². The molecule has 7 heteroatoms. The van der Waals surface area contributed by atoms with E-state index in [9.17, 15) is 9.59 Å². The van der Waals surface area contributed by atoms with E-state index < -0.39 is 0 Å².